The summed E-state index contributed by atoms with van der Waals surface area (Å²) in [7, 11) is 0. The van der Waals surface area contributed by atoms with Crippen LogP contribution in [-0.2, 0) is 4.79 Å². The molecule has 2 rings (SSSR count). The zero-order valence-corrected chi connectivity index (χ0v) is 12.0. The molecule has 2 N–H and O–H groups in total. The molecule has 0 radical (unpaired) electrons. The topological polar surface area (TPSA) is 66.4 Å². The lowest BCUT2D eigenvalue weighted by Gasteiger charge is -2.34. The number of hydrogen-bond acceptors (Lipinski definition) is 2. The summed E-state index contributed by atoms with van der Waals surface area (Å²) >= 11 is 0. The third kappa shape index (κ3) is 2.84. The van der Waals surface area contributed by atoms with Crippen molar-refractivity contribution in [3.05, 3.63) is 34.9 Å². The predicted octanol–water partition coefficient (Wildman–Crippen LogP) is 2.82. The van der Waals surface area contributed by atoms with Gasteiger partial charge >= 0.3 is 5.97 Å². The van der Waals surface area contributed by atoms with Crippen molar-refractivity contribution in [1.82, 2.24) is 5.32 Å². The van der Waals surface area contributed by atoms with Crippen LogP contribution in [0.3, 0.4) is 0 Å². The van der Waals surface area contributed by atoms with Gasteiger partial charge in [-0.15, -0.1) is 0 Å². The number of aryl methyl sites for hydroxylation is 2. The molecule has 108 valence electrons. The monoisotopic (exact) mass is 275 g/mol. The Balaban J connectivity index is 2.20. The molecular weight excluding hydrogens is 254 g/mol. The fourth-order valence-corrected chi connectivity index (χ4v) is 2.72. The van der Waals surface area contributed by atoms with E-state index in [1.54, 1.807) is 6.07 Å². The first-order chi connectivity index (χ1) is 9.44. The Kier molecular flexibility index (Phi) is 4.12. The van der Waals surface area contributed by atoms with Gasteiger partial charge in [-0.2, -0.15) is 0 Å². The maximum Gasteiger partial charge on any atom is 0.329 e. The lowest BCUT2D eigenvalue weighted by Crippen LogP contribution is -2.55. The fourth-order valence-electron chi connectivity index (χ4n) is 2.72. The number of aliphatic carboxylic acids is 1. The van der Waals surface area contributed by atoms with E-state index in [1.165, 1.54) is 0 Å². The highest BCUT2D eigenvalue weighted by molar-refractivity contribution is 5.98. The lowest BCUT2D eigenvalue weighted by molar-refractivity contribution is -0.145. The number of amides is 1. The minimum absolute atomic E-state index is 0.294. The van der Waals surface area contributed by atoms with Gasteiger partial charge in [0.15, 0.2) is 0 Å². The van der Waals surface area contributed by atoms with E-state index in [0.717, 1.165) is 30.4 Å². The summed E-state index contributed by atoms with van der Waals surface area (Å²) in [6.45, 7) is 3.93. The van der Waals surface area contributed by atoms with Crippen LogP contribution in [0.25, 0.3) is 0 Å². The second-order valence-corrected chi connectivity index (χ2v) is 5.70. The molecule has 1 fully saturated rings. The summed E-state index contributed by atoms with van der Waals surface area (Å²) in [5.74, 6) is -1.22. The molecule has 0 spiro atoms. The minimum Gasteiger partial charge on any atom is -0.480 e. The van der Waals surface area contributed by atoms with E-state index in [9.17, 15) is 14.7 Å². The first-order valence-electron chi connectivity index (χ1n) is 7.08. The number of carbonyl (C=O) groups is 2. The summed E-state index contributed by atoms with van der Waals surface area (Å²) in [6, 6.07) is 5.44. The Bertz CT molecular complexity index is 531. The summed E-state index contributed by atoms with van der Waals surface area (Å²) in [6.07, 6.45) is 3.76. The summed E-state index contributed by atoms with van der Waals surface area (Å²) in [5, 5.41) is 12.2. The Labute approximate surface area is 119 Å². The number of rotatable bonds is 3. The van der Waals surface area contributed by atoms with E-state index in [1.807, 2.05) is 26.0 Å². The largest absolute Gasteiger partial charge is 0.480 e. The molecule has 1 aliphatic rings. The molecule has 0 aromatic heterocycles. The van der Waals surface area contributed by atoms with Crippen LogP contribution < -0.4 is 5.32 Å². The third-order valence-corrected chi connectivity index (χ3v) is 4.24. The van der Waals surface area contributed by atoms with Crippen LogP contribution in [-0.4, -0.2) is 22.5 Å². The number of carbonyl (C=O) groups excluding carboxylic acids is 1. The van der Waals surface area contributed by atoms with Gasteiger partial charge in [-0.25, -0.2) is 4.79 Å². The average Bonchev–Trinajstić information content (AvgIpc) is 2.42. The second kappa shape index (κ2) is 5.65. The van der Waals surface area contributed by atoms with Crippen LogP contribution in [0.5, 0.6) is 0 Å². The first kappa shape index (κ1) is 14.6. The smallest absolute Gasteiger partial charge is 0.329 e. The Morgan fingerprint density at radius 1 is 1.10 bits per heavy atom. The maximum atomic E-state index is 12.3. The molecule has 1 aromatic rings. The van der Waals surface area contributed by atoms with Gasteiger partial charge in [0.05, 0.1) is 0 Å². The highest BCUT2D eigenvalue weighted by Crippen LogP contribution is 2.29. The number of nitrogens with one attached hydrogen (secondary N) is 1. The zero-order chi connectivity index (χ0) is 14.8. The zero-order valence-electron chi connectivity index (χ0n) is 12.0. The van der Waals surface area contributed by atoms with Gasteiger partial charge in [-0.1, -0.05) is 25.3 Å². The average molecular weight is 275 g/mol. The molecule has 1 aromatic carbocycles. The molecule has 0 atom stereocenters. The third-order valence-electron chi connectivity index (χ3n) is 4.24. The molecule has 4 heteroatoms. The van der Waals surface area contributed by atoms with Crippen LogP contribution in [0.2, 0.25) is 0 Å². The normalized spacial score (nSPS) is 17.5. The maximum absolute atomic E-state index is 12.3. The standard InChI is InChI=1S/C16H21NO3/c1-11-6-7-13(10-12(11)2)14(18)17-16(15(19)20)8-4-3-5-9-16/h6-7,10H,3-5,8-9H2,1-2H3,(H,17,18)(H,19,20). The summed E-state index contributed by atoms with van der Waals surface area (Å²) < 4.78 is 0. The second-order valence-electron chi connectivity index (χ2n) is 5.70. The highest BCUT2D eigenvalue weighted by atomic mass is 16.4. The Morgan fingerprint density at radius 2 is 1.75 bits per heavy atom. The molecule has 20 heavy (non-hydrogen) atoms. The van der Waals surface area contributed by atoms with Gasteiger partial charge in [0, 0.05) is 5.56 Å². The van der Waals surface area contributed by atoms with Crippen LogP contribution in [0.4, 0.5) is 0 Å². The van der Waals surface area contributed by atoms with Crippen LogP contribution in [0.15, 0.2) is 18.2 Å². The van der Waals surface area contributed by atoms with Crippen molar-refractivity contribution >= 4 is 11.9 Å². The van der Waals surface area contributed by atoms with Gasteiger partial charge in [0.1, 0.15) is 5.54 Å². The van der Waals surface area contributed by atoms with E-state index in [4.69, 9.17) is 0 Å². The molecule has 0 unspecified atom stereocenters. The van der Waals surface area contributed by atoms with Crippen molar-refractivity contribution in [1.29, 1.82) is 0 Å². The molecule has 1 amide bonds. The molecule has 0 bridgehead atoms. The first-order valence-corrected chi connectivity index (χ1v) is 7.08. The highest BCUT2D eigenvalue weighted by Gasteiger charge is 2.41. The van der Waals surface area contributed by atoms with E-state index in [2.05, 4.69) is 5.32 Å². The number of hydrogen-bond donors (Lipinski definition) is 2. The SMILES string of the molecule is Cc1ccc(C(=O)NC2(C(=O)O)CCCCC2)cc1C. The van der Waals surface area contributed by atoms with Crippen molar-refractivity contribution in [3.63, 3.8) is 0 Å². The van der Waals surface area contributed by atoms with Crippen molar-refractivity contribution in [2.24, 2.45) is 0 Å². The predicted molar refractivity (Wildman–Crippen MR) is 76.8 cm³/mol. The molecule has 0 heterocycles. The van der Waals surface area contributed by atoms with Gasteiger partial charge in [-0.05, 0) is 49.9 Å². The minimum atomic E-state index is -1.09. The lowest BCUT2D eigenvalue weighted by atomic mass is 9.81. The van der Waals surface area contributed by atoms with Gasteiger partial charge in [-0.3, -0.25) is 4.79 Å². The molecule has 1 saturated carbocycles. The van der Waals surface area contributed by atoms with E-state index < -0.39 is 11.5 Å². The van der Waals surface area contributed by atoms with Gasteiger partial charge in [0.25, 0.3) is 5.91 Å². The fraction of sp³-hybridized carbons (Fsp3) is 0.500. The van der Waals surface area contributed by atoms with Crippen molar-refractivity contribution < 1.29 is 14.7 Å². The van der Waals surface area contributed by atoms with Gasteiger partial charge < -0.3 is 10.4 Å². The Hall–Kier alpha value is -1.84. The molecule has 4 nitrogen and oxygen atoms in total. The molecular formula is C16H21NO3. The van der Waals surface area contributed by atoms with Crippen molar-refractivity contribution in [2.75, 3.05) is 0 Å². The van der Waals surface area contributed by atoms with E-state index in [-0.39, 0.29) is 5.91 Å². The van der Waals surface area contributed by atoms with Crippen molar-refractivity contribution in [2.45, 2.75) is 51.5 Å². The number of carboxylic acid groups (broad SMARTS) is 1. The van der Waals surface area contributed by atoms with Gasteiger partial charge in [0.2, 0.25) is 0 Å². The van der Waals surface area contributed by atoms with Crippen molar-refractivity contribution in [3.8, 4) is 0 Å². The quantitative estimate of drug-likeness (QED) is 0.891. The summed E-state index contributed by atoms with van der Waals surface area (Å²) in [5.41, 5.74) is 1.59. The van der Waals surface area contributed by atoms with E-state index in [0.29, 0.717) is 18.4 Å². The van der Waals surface area contributed by atoms with E-state index >= 15 is 0 Å². The number of carboxylic acids is 1. The van der Waals surface area contributed by atoms with Crippen LogP contribution in [0, 0.1) is 13.8 Å². The number of benzene rings is 1. The molecule has 0 saturated heterocycles. The summed E-state index contributed by atoms with van der Waals surface area (Å²) in [4.78, 5) is 23.9. The Morgan fingerprint density at radius 3 is 2.30 bits per heavy atom. The van der Waals surface area contributed by atoms with Crippen LogP contribution >= 0.6 is 0 Å². The molecule has 0 aliphatic heterocycles. The molecule has 1 aliphatic carbocycles. The van der Waals surface area contributed by atoms with Crippen LogP contribution in [0.1, 0.15) is 53.6 Å².